The van der Waals surface area contributed by atoms with E-state index in [9.17, 15) is 22.7 Å². The molecule has 0 fully saturated rings. The Morgan fingerprint density at radius 2 is 1.68 bits per heavy atom. The van der Waals surface area contributed by atoms with Crippen molar-refractivity contribution in [3.05, 3.63) is 65.0 Å². The van der Waals surface area contributed by atoms with Crippen molar-refractivity contribution in [2.24, 2.45) is 0 Å². The van der Waals surface area contributed by atoms with Crippen LogP contribution in [0.15, 0.2) is 42.5 Å². The summed E-state index contributed by atoms with van der Waals surface area (Å²) >= 11 is 0. The second-order valence-electron chi connectivity index (χ2n) is 4.12. The van der Waals surface area contributed by atoms with Gasteiger partial charge >= 0.3 is 6.18 Å². The van der Waals surface area contributed by atoms with Crippen LogP contribution in [0.1, 0.15) is 16.7 Å². The van der Waals surface area contributed by atoms with E-state index in [0.717, 1.165) is 0 Å². The summed E-state index contributed by atoms with van der Waals surface area (Å²) in [6.45, 7) is 0. The van der Waals surface area contributed by atoms with E-state index < -0.39 is 17.6 Å². The second kappa shape index (κ2) is 4.91. The third-order valence-corrected chi connectivity index (χ3v) is 2.69. The van der Waals surface area contributed by atoms with Gasteiger partial charge in [-0.1, -0.05) is 24.3 Å². The van der Waals surface area contributed by atoms with Crippen LogP contribution in [0.4, 0.5) is 17.6 Å². The first-order valence-electron chi connectivity index (χ1n) is 5.50. The molecule has 0 aliphatic carbocycles. The molecule has 0 saturated carbocycles. The van der Waals surface area contributed by atoms with Crippen LogP contribution in [0.5, 0.6) is 5.75 Å². The zero-order valence-electron chi connectivity index (χ0n) is 9.71. The van der Waals surface area contributed by atoms with Gasteiger partial charge in [0.15, 0.2) is 0 Å². The minimum Gasteiger partial charge on any atom is -0.508 e. The normalized spacial score (nSPS) is 11.6. The molecule has 0 aliphatic heterocycles. The lowest BCUT2D eigenvalue weighted by Gasteiger charge is -2.11. The molecule has 0 radical (unpaired) electrons. The van der Waals surface area contributed by atoms with Gasteiger partial charge in [-0.05, 0) is 29.3 Å². The standard InChI is InChI=1S/C14H10F4O/c15-13-10(4-2-6-12(13)14(16,17)18)7-9-3-1-5-11(19)8-9/h1-6,8,19H,7H2. The number of alkyl halides is 3. The molecule has 0 aromatic heterocycles. The highest BCUT2D eigenvalue weighted by Crippen LogP contribution is 2.33. The third kappa shape index (κ3) is 3.05. The van der Waals surface area contributed by atoms with Gasteiger partial charge in [-0.2, -0.15) is 13.2 Å². The molecule has 0 spiro atoms. The molecule has 2 aromatic carbocycles. The second-order valence-corrected chi connectivity index (χ2v) is 4.12. The first-order valence-corrected chi connectivity index (χ1v) is 5.50. The highest BCUT2D eigenvalue weighted by Gasteiger charge is 2.34. The van der Waals surface area contributed by atoms with E-state index in [-0.39, 0.29) is 17.7 Å². The van der Waals surface area contributed by atoms with E-state index in [4.69, 9.17) is 0 Å². The van der Waals surface area contributed by atoms with Crippen molar-refractivity contribution in [2.75, 3.05) is 0 Å². The summed E-state index contributed by atoms with van der Waals surface area (Å²) in [4.78, 5) is 0. The van der Waals surface area contributed by atoms with E-state index in [1.165, 1.54) is 24.3 Å². The van der Waals surface area contributed by atoms with Crippen LogP contribution in [0.25, 0.3) is 0 Å². The monoisotopic (exact) mass is 270 g/mol. The van der Waals surface area contributed by atoms with Crippen molar-refractivity contribution in [1.29, 1.82) is 0 Å². The molecule has 2 aromatic rings. The van der Waals surface area contributed by atoms with Crippen LogP contribution in [-0.2, 0) is 12.6 Å². The molecular formula is C14H10F4O. The zero-order valence-corrected chi connectivity index (χ0v) is 9.71. The summed E-state index contributed by atoms with van der Waals surface area (Å²) in [5.74, 6) is -1.27. The highest BCUT2D eigenvalue weighted by atomic mass is 19.4. The lowest BCUT2D eigenvalue weighted by atomic mass is 10.0. The summed E-state index contributed by atoms with van der Waals surface area (Å²) < 4.78 is 51.4. The average molecular weight is 270 g/mol. The number of rotatable bonds is 2. The van der Waals surface area contributed by atoms with Crippen molar-refractivity contribution in [3.63, 3.8) is 0 Å². The molecule has 100 valence electrons. The number of phenols is 1. The third-order valence-electron chi connectivity index (χ3n) is 2.69. The van der Waals surface area contributed by atoms with Crippen molar-refractivity contribution in [2.45, 2.75) is 12.6 Å². The maximum absolute atomic E-state index is 13.8. The Hall–Kier alpha value is -2.04. The van der Waals surface area contributed by atoms with Crippen LogP contribution in [0.3, 0.4) is 0 Å². The minimum absolute atomic E-state index is 0.00937. The van der Waals surface area contributed by atoms with Crippen LogP contribution in [0.2, 0.25) is 0 Å². The van der Waals surface area contributed by atoms with Crippen molar-refractivity contribution in [3.8, 4) is 5.75 Å². The summed E-state index contributed by atoms with van der Waals surface area (Å²) in [6, 6.07) is 9.17. The molecule has 0 saturated heterocycles. The fraction of sp³-hybridized carbons (Fsp3) is 0.143. The fourth-order valence-corrected chi connectivity index (χ4v) is 1.82. The summed E-state index contributed by atoms with van der Waals surface area (Å²) in [7, 11) is 0. The summed E-state index contributed by atoms with van der Waals surface area (Å²) in [5, 5.41) is 9.27. The topological polar surface area (TPSA) is 20.2 Å². The first-order chi connectivity index (χ1) is 8.88. The Bertz CT molecular complexity index is 590. The number of benzene rings is 2. The Morgan fingerprint density at radius 3 is 2.32 bits per heavy atom. The van der Waals surface area contributed by atoms with E-state index in [2.05, 4.69) is 0 Å². The van der Waals surface area contributed by atoms with Crippen molar-refractivity contribution < 1.29 is 22.7 Å². The van der Waals surface area contributed by atoms with Gasteiger partial charge in [-0.25, -0.2) is 4.39 Å². The molecule has 0 unspecified atom stereocenters. The SMILES string of the molecule is Oc1cccc(Cc2cccc(C(F)(F)F)c2F)c1. The Labute approximate surface area is 107 Å². The maximum atomic E-state index is 13.8. The lowest BCUT2D eigenvalue weighted by molar-refractivity contribution is -0.140. The number of halogens is 4. The molecule has 0 amide bonds. The van der Waals surface area contributed by atoms with E-state index >= 15 is 0 Å². The van der Waals surface area contributed by atoms with E-state index in [1.807, 2.05) is 0 Å². The Morgan fingerprint density at radius 1 is 1.00 bits per heavy atom. The Balaban J connectivity index is 2.36. The van der Waals surface area contributed by atoms with Gasteiger partial charge in [0.05, 0.1) is 5.56 Å². The predicted octanol–water partition coefficient (Wildman–Crippen LogP) is 4.14. The number of hydrogen-bond acceptors (Lipinski definition) is 1. The van der Waals surface area contributed by atoms with E-state index in [1.54, 1.807) is 12.1 Å². The fourth-order valence-electron chi connectivity index (χ4n) is 1.82. The molecule has 2 rings (SSSR count). The molecule has 19 heavy (non-hydrogen) atoms. The average Bonchev–Trinajstić information content (AvgIpc) is 2.30. The first kappa shape index (κ1) is 13.4. The molecule has 1 N–H and O–H groups in total. The largest absolute Gasteiger partial charge is 0.508 e. The molecule has 0 aliphatic rings. The predicted molar refractivity (Wildman–Crippen MR) is 62.3 cm³/mol. The quantitative estimate of drug-likeness (QED) is 0.813. The lowest BCUT2D eigenvalue weighted by Crippen LogP contribution is -2.10. The number of aromatic hydroxyl groups is 1. The van der Waals surface area contributed by atoms with Gasteiger partial charge in [0.25, 0.3) is 0 Å². The molecule has 1 nitrogen and oxygen atoms in total. The van der Waals surface area contributed by atoms with Gasteiger partial charge < -0.3 is 5.11 Å². The summed E-state index contributed by atoms with van der Waals surface area (Å²) in [5.41, 5.74) is -0.788. The highest BCUT2D eigenvalue weighted by molar-refractivity contribution is 5.35. The maximum Gasteiger partial charge on any atom is 0.419 e. The summed E-state index contributed by atoms with van der Waals surface area (Å²) in [6.07, 6.45) is -4.72. The van der Waals surface area contributed by atoms with Crippen LogP contribution in [0, 0.1) is 5.82 Å². The smallest absolute Gasteiger partial charge is 0.419 e. The van der Waals surface area contributed by atoms with E-state index in [0.29, 0.717) is 11.6 Å². The van der Waals surface area contributed by atoms with Crippen molar-refractivity contribution in [1.82, 2.24) is 0 Å². The van der Waals surface area contributed by atoms with Gasteiger partial charge in [0.2, 0.25) is 0 Å². The molecule has 0 heterocycles. The number of phenolic OH excluding ortho intramolecular Hbond substituents is 1. The molecular weight excluding hydrogens is 260 g/mol. The van der Waals surface area contributed by atoms with Crippen molar-refractivity contribution >= 4 is 0 Å². The molecule has 0 bridgehead atoms. The minimum atomic E-state index is -4.71. The van der Waals surface area contributed by atoms with Gasteiger partial charge in [0, 0.05) is 6.42 Å². The van der Waals surface area contributed by atoms with Crippen LogP contribution in [-0.4, -0.2) is 5.11 Å². The van der Waals surface area contributed by atoms with Crippen LogP contribution < -0.4 is 0 Å². The van der Waals surface area contributed by atoms with Gasteiger partial charge in [-0.15, -0.1) is 0 Å². The molecule has 0 atom stereocenters. The number of hydrogen-bond donors (Lipinski definition) is 1. The zero-order chi connectivity index (χ0) is 14.0. The Kier molecular flexibility index (Phi) is 3.46. The van der Waals surface area contributed by atoms with Gasteiger partial charge in [-0.3, -0.25) is 0 Å². The van der Waals surface area contributed by atoms with Gasteiger partial charge in [0.1, 0.15) is 11.6 Å². The van der Waals surface area contributed by atoms with Crippen LogP contribution >= 0.6 is 0 Å². The molecule has 5 heteroatoms.